The van der Waals surface area contributed by atoms with Gasteiger partial charge in [-0.15, -0.1) is 0 Å². The number of carbonyl (C=O) groups is 1. The van der Waals surface area contributed by atoms with Crippen LogP contribution in [-0.2, 0) is 0 Å². The first kappa shape index (κ1) is 14.5. The van der Waals surface area contributed by atoms with E-state index in [1.807, 2.05) is 18.2 Å². The molecule has 24 heavy (non-hydrogen) atoms. The summed E-state index contributed by atoms with van der Waals surface area (Å²) in [5, 5.41) is 3.12. The van der Waals surface area contributed by atoms with Gasteiger partial charge in [-0.05, 0) is 36.4 Å². The Hall–Kier alpha value is -3.12. The van der Waals surface area contributed by atoms with Gasteiger partial charge in [0.05, 0.1) is 27.9 Å². The molecule has 0 saturated carbocycles. The van der Waals surface area contributed by atoms with Crippen molar-refractivity contribution in [1.29, 1.82) is 0 Å². The van der Waals surface area contributed by atoms with Crippen LogP contribution in [0.2, 0.25) is 5.02 Å². The first-order valence-electron chi connectivity index (χ1n) is 7.15. The fourth-order valence-electron chi connectivity index (χ4n) is 2.38. The number of carbonyl (C=O) groups excluding carboxylic acids is 1. The van der Waals surface area contributed by atoms with Crippen LogP contribution >= 0.6 is 11.6 Å². The van der Waals surface area contributed by atoms with Crippen LogP contribution in [0.3, 0.4) is 0 Å². The highest BCUT2D eigenvalue weighted by Gasteiger charge is 2.12. The van der Waals surface area contributed by atoms with Gasteiger partial charge in [-0.3, -0.25) is 9.78 Å². The zero-order valence-electron chi connectivity index (χ0n) is 12.3. The maximum Gasteiger partial charge on any atom is 0.257 e. The van der Waals surface area contributed by atoms with Gasteiger partial charge in [0.2, 0.25) is 0 Å². The van der Waals surface area contributed by atoms with E-state index in [0.717, 1.165) is 11.0 Å². The fourth-order valence-corrected chi connectivity index (χ4v) is 2.58. The summed E-state index contributed by atoms with van der Waals surface area (Å²) < 4.78 is 5.33. The molecule has 6 nitrogen and oxygen atoms in total. The van der Waals surface area contributed by atoms with E-state index in [-0.39, 0.29) is 5.91 Å². The predicted molar refractivity (Wildman–Crippen MR) is 91.0 cm³/mol. The number of H-pyrrole nitrogens is 1. The van der Waals surface area contributed by atoms with Crippen molar-refractivity contribution in [2.75, 3.05) is 5.32 Å². The SMILES string of the molecule is O=C(Nc1ccc2nc(-c3ccco3)[nH]c2c1)c1ccncc1Cl. The number of benzene rings is 1. The van der Waals surface area contributed by atoms with Gasteiger partial charge in [-0.2, -0.15) is 0 Å². The lowest BCUT2D eigenvalue weighted by molar-refractivity contribution is 0.102. The minimum Gasteiger partial charge on any atom is -0.461 e. The molecule has 0 spiro atoms. The fraction of sp³-hybridized carbons (Fsp3) is 0. The summed E-state index contributed by atoms with van der Waals surface area (Å²) in [6, 6.07) is 10.6. The van der Waals surface area contributed by atoms with Crippen molar-refractivity contribution >= 4 is 34.2 Å². The van der Waals surface area contributed by atoms with E-state index >= 15 is 0 Å². The highest BCUT2D eigenvalue weighted by molar-refractivity contribution is 6.34. The molecule has 0 atom stereocenters. The Morgan fingerprint density at radius 3 is 2.96 bits per heavy atom. The molecule has 0 saturated heterocycles. The molecule has 0 radical (unpaired) electrons. The molecular formula is C17H11ClN4O2. The van der Waals surface area contributed by atoms with Gasteiger partial charge >= 0.3 is 0 Å². The molecule has 7 heteroatoms. The summed E-state index contributed by atoms with van der Waals surface area (Å²) in [4.78, 5) is 23.8. The van der Waals surface area contributed by atoms with Gasteiger partial charge in [0.25, 0.3) is 5.91 Å². The quantitative estimate of drug-likeness (QED) is 0.588. The van der Waals surface area contributed by atoms with Gasteiger partial charge in [0.1, 0.15) is 0 Å². The maximum absolute atomic E-state index is 12.3. The van der Waals surface area contributed by atoms with E-state index in [1.54, 1.807) is 24.5 Å². The smallest absolute Gasteiger partial charge is 0.257 e. The molecule has 4 rings (SSSR count). The molecule has 0 aliphatic heterocycles. The largest absolute Gasteiger partial charge is 0.461 e. The molecule has 3 aromatic heterocycles. The Balaban J connectivity index is 1.63. The van der Waals surface area contributed by atoms with Crippen LogP contribution in [0.5, 0.6) is 0 Å². The number of amides is 1. The third-order valence-electron chi connectivity index (χ3n) is 3.51. The van der Waals surface area contributed by atoms with Crippen LogP contribution < -0.4 is 5.32 Å². The minimum absolute atomic E-state index is 0.299. The normalized spacial score (nSPS) is 10.9. The van der Waals surface area contributed by atoms with Crippen LogP contribution in [0.15, 0.2) is 59.5 Å². The molecule has 0 unspecified atom stereocenters. The van der Waals surface area contributed by atoms with Crippen molar-refractivity contribution in [2.45, 2.75) is 0 Å². The van der Waals surface area contributed by atoms with Crippen molar-refractivity contribution in [3.8, 4) is 11.6 Å². The zero-order chi connectivity index (χ0) is 16.5. The Kier molecular flexibility index (Phi) is 3.51. The Morgan fingerprint density at radius 1 is 1.25 bits per heavy atom. The summed E-state index contributed by atoms with van der Waals surface area (Å²) in [6.07, 6.45) is 4.55. The van der Waals surface area contributed by atoms with Crippen LogP contribution in [0.25, 0.3) is 22.6 Å². The highest BCUT2D eigenvalue weighted by Crippen LogP contribution is 2.24. The van der Waals surface area contributed by atoms with Gasteiger partial charge in [-0.25, -0.2) is 4.98 Å². The van der Waals surface area contributed by atoms with E-state index in [9.17, 15) is 4.79 Å². The van der Waals surface area contributed by atoms with E-state index in [1.165, 1.54) is 12.4 Å². The minimum atomic E-state index is -0.299. The summed E-state index contributed by atoms with van der Waals surface area (Å²) in [6.45, 7) is 0. The lowest BCUT2D eigenvalue weighted by Gasteiger charge is -2.06. The molecule has 0 bridgehead atoms. The third kappa shape index (κ3) is 2.63. The molecule has 0 aliphatic rings. The maximum atomic E-state index is 12.3. The van der Waals surface area contributed by atoms with Gasteiger partial charge in [0, 0.05) is 18.1 Å². The van der Waals surface area contributed by atoms with Crippen LogP contribution in [0.1, 0.15) is 10.4 Å². The number of imidazole rings is 1. The van der Waals surface area contributed by atoms with Crippen molar-refractivity contribution in [1.82, 2.24) is 15.0 Å². The summed E-state index contributed by atoms with van der Waals surface area (Å²) in [5.74, 6) is 0.989. The van der Waals surface area contributed by atoms with Crippen molar-refractivity contribution in [2.24, 2.45) is 0 Å². The van der Waals surface area contributed by atoms with Gasteiger partial charge < -0.3 is 14.7 Å². The molecule has 1 amide bonds. The average Bonchev–Trinajstić information content (AvgIpc) is 3.24. The molecular weight excluding hydrogens is 328 g/mol. The van der Waals surface area contributed by atoms with Gasteiger partial charge in [0.15, 0.2) is 11.6 Å². The number of fused-ring (bicyclic) bond motifs is 1. The van der Waals surface area contributed by atoms with E-state index in [0.29, 0.717) is 27.9 Å². The molecule has 1 aromatic carbocycles. The summed E-state index contributed by atoms with van der Waals surface area (Å²) in [5.41, 5.74) is 2.57. The number of hydrogen-bond acceptors (Lipinski definition) is 4. The Labute approximate surface area is 141 Å². The monoisotopic (exact) mass is 338 g/mol. The number of nitrogens with zero attached hydrogens (tertiary/aromatic N) is 2. The Morgan fingerprint density at radius 2 is 2.17 bits per heavy atom. The number of hydrogen-bond donors (Lipinski definition) is 2. The van der Waals surface area contributed by atoms with Crippen LogP contribution in [0, 0.1) is 0 Å². The summed E-state index contributed by atoms with van der Waals surface area (Å²) >= 11 is 5.99. The number of furan rings is 1. The number of pyridine rings is 1. The lowest BCUT2D eigenvalue weighted by Crippen LogP contribution is -2.12. The van der Waals surface area contributed by atoms with E-state index in [2.05, 4.69) is 20.3 Å². The molecule has 2 N–H and O–H groups in total. The van der Waals surface area contributed by atoms with Crippen molar-refractivity contribution in [3.63, 3.8) is 0 Å². The number of nitrogens with one attached hydrogen (secondary N) is 2. The number of aromatic nitrogens is 3. The zero-order valence-corrected chi connectivity index (χ0v) is 13.0. The Bertz CT molecular complexity index is 1020. The molecule has 4 aromatic rings. The molecule has 118 valence electrons. The van der Waals surface area contributed by atoms with Crippen LogP contribution in [-0.4, -0.2) is 20.9 Å². The highest BCUT2D eigenvalue weighted by atomic mass is 35.5. The molecule has 0 aliphatic carbocycles. The number of aromatic amines is 1. The number of rotatable bonds is 3. The third-order valence-corrected chi connectivity index (χ3v) is 3.81. The topological polar surface area (TPSA) is 83.8 Å². The van der Waals surface area contributed by atoms with Crippen molar-refractivity contribution < 1.29 is 9.21 Å². The van der Waals surface area contributed by atoms with Gasteiger partial charge in [-0.1, -0.05) is 11.6 Å². The summed E-state index contributed by atoms with van der Waals surface area (Å²) in [7, 11) is 0. The average molecular weight is 339 g/mol. The number of halogens is 1. The van der Waals surface area contributed by atoms with E-state index in [4.69, 9.17) is 16.0 Å². The second-order valence-electron chi connectivity index (χ2n) is 5.10. The molecule has 3 heterocycles. The number of anilines is 1. The lowest BCUT2D eigenvalue weighted by atomic mass is 10.2. The van der Waals surface area contributed by atoms with Crippen molar-refractivity contribution in [3.05, 3.63) is 65.6 Å². The van der Waals surface area contributed by atoms with E-state index < -0.39 is 0 Å². The second kappa shape index (κ2) is 5.82. The first-order valence-corrected chi connectivity index (χ1v) is 7.53. The first-order chi connectivity index (χ1) is 11.7. The van der Waals surface area contributed by atoms with Crippen LogP contribution in [0.4, 0.5) is 5.69 Å². The molecule has 0 fully saturated rings. The second-order valence-corrected chi connectivity index (χ2v) is 5.51. The standard InChI is InChI=1S/C17H11ClN4O2/c18-12-9-19-6-5-11(12)17(23)20-10-3-4-13-14(8-10)22-16(21-13)15-2-1-7-24-15/h1-9H,(H,20,23)(H,21,22). The predicted octanol–water partition coefficient (Wildman–Crippen LogP) is 4.12.